The van der Waals surface area contributed by atoms with E-state index in [4.69, 9.17) is 4.74 Å². The molecule has 0 radical (unpaired) electrons. The molecule has 2 atom stereocenters. The molecule has 102 valence electrons. The highest BCUT2D eigenvalue weighted by molar-refractivity contribution is 5.74. The maximum atomic E-state index is 11.5. The van der Waals surface area contributed by atoms with Crippen LogP contribution in [0.5, 0.6) is 0 Å². The number of hydrogen-bond acceptors (Lipinski definition) is 3. The zero-order valence-corrected chi connectivity index (χ0v) is 10.9. The molecule has 0 aliphatic carbocycles. The van der Waals surface area contributed by atoms with Crippen molar-refractivity contribution in [2.24, 2.45) is 5.92 Å². The Balaban J connectivity index is 1.79. The minimum atomic E-state index is -0.714. The molecule has 1 N–H and O–H groups in total. The average molecular weight is 261 g/mol. The van der Waals surface area contributed by atoms with Gasteiger partial charge in [0, 0.05) is 19.7 Å². The summed E-state index contributed by atoms with van der Waals surface area (Å²) in [6.45, 7) is 3.15. The molecule has 0 bridgehead atoms. The highest BCUT2D eigenvalue weighted by atomic mass is 16.5. The topological polar surface area (TPSA) is 49.8 Å². The van der Waals surface area contributed by atoms with Gasteiger partial charge in [0.15, 0.2) is 0 Å². The summed E-state index contributed by atoms with van der Waals surface area (Å²) in [5, 5.41) is 9.44. The molecule has 1 fully saturated rings. The minimum Gasteiger partial charge on any atom is -0.480 e. The van der Waals surface area contributed by atoms with Gasteiger partial charge in [-0.05, 0) is 29.9 Å². The molecule has 2 aliphatic rings. The number of fused-ring (bicyclic) bond motifs is 1. The van der Waals surface area contributed by atoms with E-state index in [1.165, 1.54) is 11.1 Å². The number of rotatable bonds is 3. The highest BCUT2D eigenvalue weighted by Crippen LogP contribution is 2.26. The zero-order chi connectivity index (χ0) is 13.2. The van der Waals surface area contributed by atoms with Crippen molar-refractivity contribution >= 4 is 5.97 Å². The lowest BCUT2D eigenvalue weighted by Crippen LogP contribution is -2.47. The lowest BCUT2D eigenvalue weighted by atomic mass is 9.93. The molecular formula is C15H19NO3. The fraction of sp³-hybridized carbons (Fsp3) is 0.533. The number of hydrogen-bond donors (Lipinski definition) is 1. The number of carbonyl (C=O) groups is 1. The van der Waals surface area contributed by atoms with Crippen LogP contribution in [-0.4, -0.2) is 41.8 Å². The van der Waals surface area contributed by atoms with Crippen LogP contribution in [0.15, 0.2) is 24.3 Å². The lowest BCUT2D eigenvalue weighted by Gasteiger charge is -2.35. The van der Waals surface area contributed by atoms with Crippen molar-refractivity contribution in [1.29, 1.82) is 0 Å². The minimum absolute atomic E-state index is 0.393. The molecule has 4 nitrogen and oxygen atoms in total. The molecule has 19 heavy (non-hydrogen) atoms. The van der Waals surface area contributed by atoms with Crippen molar-refractivity contribution in [3.05, 3.63) is 35.4 Å². The summed E-state index contributed by atoms with van der Waals surface area (Å²) in [5.74, 6) is -0.236. The molecule has 0 saturated carbocycles. The van der Waals surface area contributed by atoms with Gasteiger partial charge in [-0.15, -0.1) is 0 Å². The number of benzene rings is 1. The third kappa shape index (κ3) is 2.65. The fourth-order valence-corrected chi connectivity index (χ4v) is 3.07. The van der Waals surface area contributed by atoms with Crippen molar-refractivity contribution in [1.82, 2.24) is 4.90 Å². The number of carboxylic acids is 1. The average Bonchev–Trinajstić information content (AvgIpc) is 2.90. The summed E-state index contributed by atoms with van der Waals surface area (Å²) in [6, 6.07) is 7.76. The number of aliphatic carboxylic acids is 1. The predicted octanol–water partition coefficient (Wildman–Crippen LogP) is 1.53. The van der Waals surface area contributed by atoms with Gasteiger partial charge in [0.1, 0.15) is 6.04 Å². The molecule has 0 amide bonds. The molecule has 0 spiro atoms. The Morgan fingerprint density at radius 2 is 2.16 bits per heavy atom. The molecular weight excluding hydrogens is 242 g/mol. The van der Waals surface area contributed by atoms with E-state index in [0.29, 0.717) is 12.3 Å². The van der Waals surface area contributed by atoms with Crippen molar-refractivity contribution in [2.45, 2.75) is 25.4 Å². The van der Waals surface area contributed by atoms with E-state index in [0.717, 1.165) is 32.7 Å². The molecule has 1 aromatic rings. The van der Waals surface area contributed by atoms with Crippen LogP contribution in [0.3, 0.4) is 0 Å². The Morgan fingerprint density at radius 3 is 2.84 bits per heavy atom. The largest absolute Gasteiger partial charge is 0.480 e. The number of ether oxygens (including phenoxy) is 1. The van der Waals surface area contributed by atoms with E-state index in [2.05, 4.69) is 11.0 Å². The van der Waals surface area contributed by atoms with Crippen LogP contribution >= 0.6 is 0 Å². The molecule has 1 saturated heterocycles. The second kappa shape index (κ2) is 5.31. The molecule has 1 aromatic carbocycles. The maximum Gasteiger partial charge on any atom is 0.321 e. The van der Waals surface area contributed by atoms with Crippen LogP contribution in [-0.2, 0) is 22.5 Å². The second-order valence-corrected chi connectivity index (χ2v) is 5.49. The summed E-state index contributed by atoms with van der Waals surface area (Å²) in [7, 11) is 0. The molecule has 4 heteroatoms. The molecule has 2 aliphatic heterocycles. The molecule has 3 rings (SSSR count). The van der Waals surface area contributed by atoms with Gasteiger partial charge in [-0.1, -0.05) is 24.3 Å². The van der Waals surface area contributed by atoms with Gasteiger partial charge in [0.05, 0.1) is 6.61 Å². The highest BCUT2D eigenvalue weighted by Gasteiger charge is 2.33. The van der Waals surface area contributed by atoms with Gasteiger partial charge in [-0.3, -0.25) is 9.69 Å². The quantitative estimate of drug-likeness (QED) is 0.896. The van der Waals surface area contributed by atoms with Gasteiger partial charge in [-0.2, -0.15) is 0 Å². The van der Waals surface area contributed by atoms with E-state index in [1.807, 2.05) is 18.2 Å². The summed E-state index contributed by atoms with van der Waals surface area (Å²) >= 11 is 0. The van der Waals surface area contributed by atoms with E-state index >= 15 is 0 Å². The van der Waals surface area contributed by atoms with Gasteiger partial charge in [-0.25, -0.2) is 0 Å². The van der Waals surface area contributed by atoms with Gasteiger partial charge < -0.3 is 9.84 Å². The summed E-state index contributed by atoms with van der Waals surface area (Å²) < 4.78 is 5.39. The standard InChI is InChI=1S/C15H19NO3/c17-15(18)14-7-12-3-1-2-4-13(12)9-16(14)8-11-5-6-19-10-11/h1-4,11,14H,5-10H2,(H,17,18). The normalized spacial score (nSPS) is 27.2. The Kier molecular flexibility index (Phi) is 3.53. The predicted molar refractivity (Wildman–Crippen MR) is 70.9 cm³/mol. The van der Waals surface area contributed by atoms with Gasteiger partial charge in [0.25, 0.3) is 0 Å². The van der Waals surface area contributed by atoms with E-state index in [9.17, 15) is 9.90 Å². The van der Waals surface area contributed by atoms with Crippen LogP contribution in [0.25, 0.3) is 0 Å². The first-order chi connectivity index (χ1) is 9.24. The van der Waals surface area contributed by atoms with Crippen molar-refractivity contribution in [3.63, 3.8) is 0 Å². The summed E-state index contributed by atoms with van der Waals surface area (Å²) in [5.41, 5.74) is 2.44. The number of carboxylic acid groups (broad SMARTS) is 1. The maximum absolute atomic E-state index is 11.5. The lowest BCUT2D eigenvalue weighted by molar-refractivity contribution is -0.144. The smallest absolute Gasteiger partial charge is 0.321 e. The van der Waals surface area contributed by atoms with Crippen LogP contribution in [0.4, 0.5) is 0 Å². The Hall–Kier alpha value is -1.39. The van der Waals surface area contributed by atoms with Crippen molar-refractivity contribution in [2.75, 3.05) is 19.8 Å². The van der Waals surface area contributed by atoms with Crippen LogP contribution in [0, 0.1) is 5.92 Å². The first-order valence-corrected chi connectivity index (χ1v) is 6.85. The molecule has 2 heterocycles. The fourth-order valence-electron chi connectivity index (χ4n) is 3.07. The number of nitrogens with zero attached hydrogens (tertiary/aromatic N) is 1. The molecule has 2 unspecified atom stereocenters. The Morgan fingerprint density at radius 1 is 1.37 bits per heavy atom. The third-order valence-corrected chi connectivity index (χ3v) is 4.15. The SMILES string of the molecule is O=C(O)C1Cc2ccccc2CN1CC1CCOC1. The van der Waals surface area contributed by atoms with Crippen molar-refractivity contribution < 1.29 is 14.6 Å². The summed E-state index contributed by atoms with van der Waals surface area (Å²) in [4.78, 5) is 13.6. The monoisotopic (exact) mass is 261 g/mol. The first-order valence-electron chi connectivity index (χ1n) is 6.85. The molecule has 0 aromatic heterocycles. The Labute approximate surface area is 113 Å². The zero-order valence-electron chi connectivity index (χ0n) is 10.9. The third-order valence-electron chi connectivity index (χ3n) is 4.15. The van der Waals surface area contributed by atoms with Gasteiger partial charge >= 0.3 is 5.97 Å². The van der Waals surface area contributed by atoms with Crippen molar-refractivity contribution in [3.8, 4) is 0 Å². The van der Waals surface area contributed by atoms with Crippen LogP contribution in [0.1, 0.15) is 17.5 Å². The Bertz CT molecular complexity index is 468. The van der Waals surface area contributed by atoms with Crippen LogP contribution < -0.4 is 0 Å². The van der Waals surface area contributed by atoms with E-state index in [1.54, 1.807) is 0 Å². The van der Waals surface area contributed by atoms with Crippen LogP contribution in [0.2, 0.25) is 0 Å². The first kappa shape index (κ1) is 12.6. The van der Waals surface area contributed by atoms with E-state index < -0.39 is 12.0 Å². The second-order valence-electron chi connectivity index (χ2n) is 5.49. The van der Waals surface area contributed by atoms with E-state index in [-0.39, 0.29) is 0 Å². The summed E-state index contributed by atoms with van der Waals surface area (Å²) in [6.07, 6.45) is 1.66. The van der Waals surface area contributed by atoms with Gasteiger partial charge in [0.2, 0.25) is 0 Å².